The van der Waals surface area contributed by atoms with E-state index >= 15 is 0 Å². The van der Waals surface area contributed by atoms with Gasteiger partial charge in [-0.05, 0) is 27.0 Å². The number of carbonyl (C=O) groups is 5. The summed E-state index contributed by atoms with van der Waals surface area (Å²) in [4.78, 5) is 71.4. The first-order chi connectivity index (χ1) is 27.7. The van der Waals surface area contributed by atoms with Crippen LogP contribution in [0, 0.1) is 35.5 Å². The number of amides is 1. The standard InChI is InChI=1S/C43H58N4O12/c1-21-12-11-13-22(2)42(55)45-33-28(20-44-47-17-15-46(9)16-18-47)37(52)30-31(38(33)53)36(51)26(6)40-32(30)41(54)43(8,59-40)57-19-14-29(56-10)23(3)39(58-27(7)48)25(5)35(50)24(4)34(21)49/h11-14,19-21,23-25,29-31,34-35,39,49-50,54H,15-18H2,1-10H3,(H,45,55)/b12-11?,19-14?,22-13?,44-20+/t21-,23+,24+,25+,29-,30?,31?,34-,35+,39+,43-/m0/s1. The number of aliphatic hydroxyl groups excluding tert-OH is 3. The van der Waals surface area contributed by atoms with E-state index in [0.29, 0.717) is 26.2 Å². The minimum Gasteiger partial charge on any atom is -0.505 e. The van der Waals surface area contributed by atoms with Gasteiger partial charge in [-0.15, -0.1) is 0 Å². The average Bonchev–Trinajstić information content (AvgIpc) is 3.46. The second-order valence-corrected chi connectivity index (χ2v) is 16.4. The largest absolute Gasteiger partial charge is 0.505 e. The molecule has 4 N–H and O–H groups in total. The highest BCUT2D eigenvalue weighted by Crippen LogP contribution is 2.51. The number of aliphatic hydroxyl groups is 3. The molecule has 6 rings (SSSR count). The number of hydrogen-bond acceptors (Lipinski definition) is 15. The molecule has 0 spiro atoms. The second kappa shape index (κ2) is 18.2. The van der Waals surface area contributed by atoms with Gasteiger partial charge in [-0.1, -0.05) is 45.9 Å². The van der Waals surface area contributed by atoms with Gasteiger partial charge in [-0.25, -0.2) is 0 Å². The van der Waals surface area contributed by atoms with Gasteiger partial charge in [-0.3, -0.25) is 29.0 Å². The fraction of sp³-hybridized carbons (Fsp3) is 0.581. The molecule has 0 aromatic carbocycles. The van der Waals surface area contributed by atoms with Crippen molar-refractivity contribution in [2.45, 2.75) is 85.6 Å². The Balaban J connectivity index is 1.65. The van der Waals surface area contributed by atoms with E-state index < -0.39 is 106 Å². The number of carbonyl (C=O) groups excluding carboxylic acids is 5. The molecule has 4 aliphatic heterocycles. The molecule has 0 radical (unpaired) electrons. The van der Waals surface area contributed by atoms with Crippen LogP contribution in [0.25, 0.3) is 0 Å². The molecule has 4 heterocycles. The van der Waals surface area contributed by atoms with Crippen LogP contribution in [0.15, 0.2) is 75.2 Å². The van der Waals surface area contributed by atoms with Crippen LogP contribution in [0.4, 0.5) is 0 Å². The van der Waals surface area contributed by atoms with Crippen LogP contribution in [0.1, 0.15) is 55.4 Å². The fourth-order valence-electron chi connectivity index (χ4n) is 8.32. The predicted molar refractivity (Wildman–Crippen MR) is 215 cm³/mol. The van der Waals surface area contributed by atoms with Gasteiger partial charge in [0.2, 0.25) is 0 Å². The van der Waals surface area contributed by atoms with Crippen LogP contribution in [0.3, 0.4) is 0 Å². The lowest BCUT2D eigenvalue weighted by atomic mass is 9.65. The molecular formula is C43H58N4O12. The molecule has 2 aliphatic carbocycles. The summed E-state index contributed by atoms with van der Waals surface area (Å²) >= 11 is 0. The molecule has 1 fully saturated rings. The summed E-state index contributed by atoms with van der Waals surface area (Å²) in [7, 11) is 3.41. The highest BCUT2D eigenvalue weighted by molar-refractivity contribution is 6.32. The third-order valence-electron chi connectivity index (χ3n) is 12.2. The summed E-state index contributed by atoms with van der Waals surface area (Å²) in [6, 6.07) is 0. The van der Waals surface area contributed by atoms with E-state index in [1.54, 1.807) is 44.9 Å². The molecule has 322 valence electrons. The van der Waals surface area contributed by atoms with Crippen molar-refractivity contribution in [3.63, 3.8) is 0 Å². The topological polar surface area (TPSA) is 214 Å². The number of piperazine rings is 1. The van der Waals surface area contributed by atoms with Crippen molar-refractivity contribution < 1.29 is 58.2 Å². The van der Waals surface area contributed by atoms with Crippen molar-refractivity contribution in [1.82, 2.24) is 15.2 Å². The second-order valence-electron chi connectivity index (χ2n) is 16.4. The number of hydrazone groups is 1. The third kappa shape index (κ3) is 9.00. The van der Waals surface area contributed by atoms with Crippen LogP contribution < -0.4 is 5.32 Å². The highest BCUT2D eigenvalue weighted by atomic mass is 16.7. The molecule has 5 bridgehead atoms. The number of rotatable bonds is 4. The number of esters is 1. The zero-order valence-corrected chi connectivity index (χ0v) is 35.4. The average molecular weight is 823 g/mol. The van der Waals surface area contributed by atoms with Crippen LogP contribution in [0.2, 0.25) is 0 Å². The molecule has 0 aromatic rings. The molecule has 0 aromatic heterocycles. The minimum absolute atomic E-state index is 0.0251. The fourth-order valence-corrected chi connectivity index (χ4v) is 8.32. The van der Waals surface area contributed by atoms with E-state index in [1.165, 1.54) is 59.4 Å². The molecule has 1 amide bonds. The van der Waals surface area contributed by atoms with Crippen molar-refractivity contribution >= 4 is 35.4 Å². The summed E-state index contributed by atoms with van der Waals surface area (Å²) in [6.07, 6.45) is 4.73. The van der Waals surface area contributed by atoms with E-state index in [0.717, 1.165) is 0 Å². The van der Waals surface area contributed by atoms with Gasteiger partial charge in [0.15, 0.2) is 23.1 Å². The summed E-state index contributed by atoms with van der Waals surface area (Å²) in [5, 5.41) is 43.5. The zero-order chi connectivity index (χ0) is 43.7. The van der Waals surface area contributed by atoms with E-state index in [2.05, 4.69) is 15.3 Å². The Morgan fingerprint density at radius 3 is 2.24 bits per heavy atom. The van der Waals surface area contributed by atoms with Gasteiger partial charge in [0.25, 0.3) is 5.91 Å². The van der Waals surface area contributed by atoms with E-state index in [4.69, 9.17) is 18.9 Å². The summed E-state index contributed by atoms with van der Waals surface area (Å²) in [6.45, 7) is 14.9. The maximum atomic E-state index is 14.7. The van der Waals surface area contributed by atoms with Crippen molar-refractivity contribution in [2.24, 2.45) is 40.6 Å². The Hall–Kier alpha value is -4.90. The normalized spacial score (nSPS) is 35.6. The maximum Gasteiger partial charge on any atom is 0.306 e. The van der Waals surface area contributed by atoms with Gasteiger partial charge < -0.3 is 44.5 Å². The monoisotopic (exact) mass is 822 g/mol. The number of Topliss-reactive ketones (excluding diaryl/α,β-unsaturated/α-hetero) is 3. The number of allylic oxidation sites excluding steroid dienone is 6. The van der Waals surface area contributed by atoms with Crippen LogP contribution in [0.5, 0.6) is 0 Å². The SMILES string of the molecule is CO[C@H]1C=CO[C@@]2(C)OC3=C(C)C(=O)C4C(=O)C(=C(/C=N/N5CCN(C)CC5)C(=O)C4C3=C2O)NC(=O)C(C)=CC=C[C@H](C)[C@H](O)[C@@H](C)[C@@H](O)[C@@H](C)[C@H](OC(C)=O)[C@@H]1C. The molecule has 16 nitrogen and oxygen atoms in total. The van der Waals surface area contributed by atoms with Gasteiger partial charge in [0, 0.05) is 82.0 Å². The lowest BCUT2D eigenvalue weighted by molar-refractivity contribution is -0.160. The number of ketones is 3. The Morgan fingerprint density at radius 1 is 0.949 bits per heavy atom. The van der Waals surface area contributed by atoms with Crippen LogP contribution in [-0.2, 0) is 42.9 Å². The quantitative estimate of drug-likeness (QED) is 0.182. The summed E-state index contributed by atoms with van der Waals surface area (Å²) in [5.74, 6) is -11.9. The van der Waals surface area contributed by atoms with E-state index in [9.17, 15) is 39.3 Å². The lowest BCUT2D eigenvalue weighted by Crippen LogP contribution is -2.49. The number of nitrogens with one attached hydrogen (secondary N) is 1. The van der Waals surface area contributed by atoms with Crippen molar-refractivity contribution in [3.05, 3.63) is 70.1 Å². The Kier molecular flexibility index (Phi) is 13.9. The number of fused-ring (bicyclic) bond motifs is 14. The van der Waals surface area contributed by atoms with E-state index in [-0.39, 0.29) is 28.1 Å². The number of hydrogen-bond donors (Lipinski definition) is 4. The van der Waals surface area contributed by atoms with Crippen LogP contribution >= 0.6 is 0 Å². The van der Waals surface area contributed by atoms with Gasteiger partial charge in [-0.2, -0.15) is 5.10 Å². The molecule has 1 saturated heterocycles. The van der Waals surface area contributed by atoms with Crippen molar-refractivity contribution in [3.8, 4) is 0 Å². The molecule has 0 saturated carbocycles. The first-order valence-corrected chi connectivity index (χ1v) is 20.0. The molecular weight excluding hydrogens is 764 g/mol. The third-order valence-corrected chi connectivity index (χ3v) is 12.2. The lowest BCUT2D eigenvalue weighted by Gasteiger charge is -2.38. The number of likely N-dealkylation sites (N-methyl/N-ethyl adjacent to an activating group) is 1. The minimum atomic E-state index is -1.97. The Labute approximate surface area is 344 Å². The summed E-state index contributed by atoms with van der Waals surface area (Å²) in [5.41, 5.74) is -0.631. The van der Waals surface area contributed by atoms with Crippen molar-refractivity contribution in [2.75, 3.05) is 40.3 Å². The highest BCUT2D eigenvalue weighted by Gasteiger charge is 2.59. The molecule has 11 atom stereocenters. The number of nitrogens with zero attached hydrogens (tertiary/aromatic N) is 3. The van der Waals surface area contributed by atoms with Gasteiger partial charge in [0.05, 0.1) is 53.5 Å². The maximum absolute atomic E-state index is 14.7. The summed E-state index contributed by atoms with van der Waals surface area (Å²) < 4.78 is 23.6. The molecule has 6 aliphatic rings. The first kappa shape index (κ1) is 45.2. The number of ether oxygens (including phenoxy) is 4. The smallest absolute Gasteiger partial charge is 0.306 e. The van der Waals surface area contributed by atoms with Crippen molar-refractivity contribution in [1.29, 1.82) is 0 Å². The molecule has 2 unspecified atom stereocenters. The van der Waals surface area contributed by atoms with Crippen LogP contribution in [-0.4, -0.2) is 131 Å². The van der Waals surface area contributed by atoms with Gasteiger partial charge in [0.1, 0.15) is 17.8 Å². The molecule has 16 heteroatoms. The van der Waals surface area contributed by atoms with E-state index in [1.807, 2.05) is 7.05 Å². The zero-order valence-electron chi connectivity index (χ0n) is 35.4. The predicted octanol–water partition coefficient (Wildman–Crippen LogP) is 2.65. The first-order valence-electron chi connectivity index (χ1n) is 20.0. The Morgan fingerprint density at radius 2 is 1.61 bits per heavy atom. The number of methoxy groups -OCH3 is 1. The van der Waals surface area contributed by atoms with Gasteiger partial charge >= 0.3 is 11.8 Å². The Bertz CT molecular complexity index is 1940. The molecule has 59 heavy (non-hydrogen) atoms.